The lowest BCUT2D eigenvalue weighted by molar-refractivity contribution is -0.140. The molecule has 0 spiro atoms. The van der Waals surface area contributed by atoms with E-state index in [-0.39, 0.29) is 11.9 Å². The Kier molecular flexibility index (Phi) is 3.71. The van der Waals surface area contributed by atoms with Gasteiger partial charge < -0.3 is 9.72 Å². The number of carbonyl (C=O) groups excluding carboxylic acids is 1. The fourth-order valence-electron chi connectivity index (χ4n) is 1.97. The van der Waals surface area contributed by atoms with Gasteiger partial charge in [-0.2, -0.15) is 0 Å². The summed E-state index contributed by atoms with van der Waals surface area (Å²) >= 11 is 2.29. The topological polar surface area (TPSA) is 42.1 Å². The number of esters is 1. The van der Waals surface area contributed by atoms with Crippen molar-refractivity contribution in [3.05, 3.63) is 33.5 Å². The number of ether oxygens (including phenoxy) is 1. The molecular weight excluding hydrogens is 329 g/mol. The third-order valence-corrected chi connectivity index (χ3v) is 3.58. The van der Waals surface area contributed by atoms with Gasteiger partial charge in [-0.3, -0.25) is 4.79 Å². The van der Waals surface area contributed by atoms with Gasteiger partial charge in [-0.05, 0) is 52.3 Å². The summed E-state index contributed by atoms with van der Waals surface area (Å²) in [5.41, 5.74) is 2.28. The molecule has 0 amide bonds. The zero-order chi connectivity index (χ0) is 12.4. The zero-order valence-corrected chi connectivity index (χ0v) is 11.9. The molecule has 1 aromatic heterocycles. The summed E-state index contributed by atoms with van der Waals surface area (Å²) in [6.45, 7) is 2.04. The number of hydrogen-bond acceptors (Lipinski definition) is 2. The van der Waals surface area contributed by atoms with E-state index in [2.05, 4.69) is 45.8 Å². The Morgan fingerprint density at radius 2 is 2.29 bits per heavy atom. The van der Waals surface area contributed by atoms with Crippen molar-refractivity contribution in [3.63, 3.8) is 0 Å². The predicted octanol–water partition coefficient (Wildman–Crippen LogP) is 3.44. The molecule has 0 bridgehead atoms. The molecule has 0 fully saturated rings. The van der Waals surface area contributed by atoms with Gasteiger partial charge in [-0.25, -0.2) is 0 Å². The van der Waals surface area contributed by atoms with Crippen LogP contribution in [-0.4, -0.2) is 18.1 Å². The molecule has 1 heterocycles. The van der Waals surface area contributed by atoms with Gasteiger partial charge in [-0.15, -0.1) is 0 Å². The molecule has 0 unspecified atom stereocenters. The van der Waals surface area contributed by atoms with Gasteiger partial charge in [0.15, 0.2) is 0 Å². The molecule has 17 heavy (non-hydrogen) atoms. The molecule has 0 aliphatic rings. The number of nitrogens with one attached hydrogen (secondary N) is 1. The second kappa shape index (κ2) is 5.08. The van der Waals surface area contributed by atoms with Gasteiger partial charge in [-0.1, -0.05) is 6.92 Å². The van der Waals surface area contributed by atoms with Crippen LogP contribution in [0.15, 0.2) is 24.4 Å². The maximum Gasteiger partial charge on any atom is 0.306 e. The number of benzene rings is 1. The minimum atomic E-state index is -0.169. The molecule has 3 nitrogen and oxygen atoms in total. The molecule has 2 aromatic rings. The van der Waals surface area contributed by atoms with Crippen molar-refractivity contribution >= 4 is 39.5 Å². The highest BCUT2D eigenvalue weighted by molar-refractivity contribution is 14.1. The van der Waals surface area contributed by atoms with Crippen LogP contribution in [0.2, 0.25) is 0 Å². The largest absolute Gasteiger partial charge is 0.469 e. The average Bonchev–Trinajstić information content (AvgIpc) is 2.71. The van der Waals surface area contributed by atoms with Crippen molar-refractivity contribution in [2.24, 2.45) is 0 Å². The van der Waals surface area contributed by atoms with E-state index in [0.717, 1.165) is 5.52 Å². The summed E-state index contributed by atoms with van der Waals surface area (Å²) in [4.78, 5) is 14.5. The van der Waals surface area contributed by atoms with Gasteiger partial charge in [0, 0.05) is 20.7 Å². The standard InChI is InChI=1S/C13H14INO2/c1-8(5-13(16)17-2)11-7-15-12-4-3-9(14)6-10(11)12/h3-4,6-8,15H,5H2,1-2H3/t8-/m0/s1. The number of aromatic nitrogens is 1. The summed E-state index contributed by atoms with van der Waals surface area (Å²) < 4.78 is 5.90. The monoisotopic (exact) mass is 343 g/mol. The Morgan fingerprint density at radius 3 is 3.00 bits per heavy atom. The second-order valence-electron chi connectivity index (χ2n) is 4.12. The first-order valence-corrected chi connectivity index (χ1v) is 6.53. The third kappa shape index (κ3) is 2.62. The van der Waals surface area contributed by atoms with E-state index in [1.54, 1.807) is 0 Å². The van der Waals surface area contributed by atoms with Crippen LogP contribution < -0.4 is 0 Å². The van der Waals surface area contributed by atoms with E-state index in [4.69, 9.17) is 4.74 Å². The molecule has 4 heteroatoms. The first kappa shape index (κ1) is 12.4. The number of rotatable bonds is 3. The normalized spacial score (nSPS) is 12.6. The van der Waals surface area contributed by atoms with E-state index < -0.39 is 0 Å². The smallest absolute Gasteiger partial charge is 0.306 e. The van der Waals surface area contributed by atoms with Gasteiger partial charge in [0.05, 0.1) is 13.5 Å². The fraction of sp³-hybridized carbons (Fsp3) is 0.308. The second-order valence-corrected chi connectivity index (χ2v) is 5.36. The van der Waals surface area contributed by atoms with Crippen molar-refractivity contribution in [2.75, 3.05) is 7.11 Å². The number of aromatic amines is 1. The van der Waals surface area contributed by atoms with Crippen LogP contribution in [0, 0.1) is 3.57 Å². The van der Waals surface area contributed by atoms with Crippen LogP contribution in [0.4, 0.5) is 0 Å². The highest BCUT2D eigenvalue weighted by Gasteiger charge is 2.15. The average molecular weight is 343 g/mol. The van der Waals surface area contributed by atoms with E-state index in [1.165, 1.54) is 21.6 Å². The Balaban J connectivity index is 2.35. The number of carbonyl (C=O) groups is 1. The summed E-state index contributed by atoms with van der Waals surface area (Å²) in [7, 11) is 1.42. The van der Waals surface area contributed by atoms with E-state index in [1.807, 2.05) is 13.1 Å². The highest BCUT2D eigenvalue weighted by Crippen LogP contribution is 2.28. The maximum atomic E-state index is 11.3. The molecule has 0 radical (unpaired) electrons. The van der Waals surface area contributed by atoms with Gasteiger partial charge >= 0.3 is 5.97 Å². The molecule has 1 atom stereocenters. The molecule has 1 aromatic carbocycles. The van der Waals surface area contributed by atoms with E-state index in [0.29, 0.717) is 6.42 Å². The number of halogens is 1. The van der Waals surface area contributed by atoms with Crippen LogP contribution >= 0.6 is 22.6 Å². The van der Waals surface area contributed by atoms with Crippen LogP contribution in [0.3, 0.4) is 0 Å². The minimum absolute atomic E-state index is 0.161. The van der Waals surface area contributed by atoms with Crippen molar-refractivity contribution in [3.8, 4) is 0 Å². The third-order valence-electron chi connectivity index (χ3n) is 2.91. The van der Waals surface area contributed by atoms with Gasteiger partial charge in [0.25, 0.3) is 0 Å². The molecule has 2 rings (SSSR count). The Bertz CT molecular complexity index is 547. The lowest BCUT2D eigenvalue weighted by atomic mass is 9.97. The molecule has 90 valence electrons. The van der Waals surface area contributed by atoms with Crippen LogP contribution in [-0.2, 0) is 9.53 Å². The highest BCUT2D eigenvalue weighted by atomic mass is 127. The first-order chi connectivity index (χ1) is 8.11. The SMILES string of the molecule is COC(=O)C[C@H](C)c1c[nH]c2ccc(I)cc12. The summed E-state index contributed by atoms with van der Waals surface area (Å²) in [5, 5.41) is 1.19. The number of H-pyrrole nitrogens is 1. The molecule has 0 aliphatic carbocycles. The van der Waals surface area contributed by atoms with Crippen molar-refractivity contribution in [1.82, 2.24) is 4.98 Å². The Hall–Kier alpha value is -1.04. The van der Waals surface area contributed by atoms with E-state index in [9.17, 15) is 4.79 Å². The number of hydrogen-bond donors (Lipinski definition) is 1. The van der Waals surface area contributed by atoms with Crippen molar-refractivity contribution in [2.45, 2.75) is 19.3 Å². The Morgan fingerprint density at radius 1 is 1.53 bits per heavy atom. The van der Waals surface area contributed by atoms with Crippen molar-refractivity contribution < 1.29 is 9.53 Å². The Labute approximate surface area is 114 Å². The molecule has 1 N–H and O–H groups in total. The van der Waals surface area contributed by atoms with Crippen molar-refractivity contribution in [1.29, 1.82) is 0 Å². The molecule has 0 saturated carbocycles. The van der Waals surface area contributed by atoms with E-state index >= 15 is 0 Å². The predicted molar refractivity (Wildman–Crippen MR) is 76.1 cm³/mol. The lowest BCUT2D eigenvalue weighted by Gasteiger charge is -2.08. The molecule has 0 saturated heterocycles. The number of fused-ring (bicyclic) bond motifs is 1. The zero-order valence-electron chi connectivity index (χ0n) is 9.79. The van der Waals surface area contributed by atoms with Crippen LogP contribution in [0.25, 0.3) is 10.9 Å². The van der Waals surface area contributed by atoms with Gasteiger partial charge in [0.2, 0.25) is 0 Å². The fourth-order valence-corrected chi connectivity index (χ4v) is 2.46. The summed E-state index contributed by atoms with van der Waals surface area (Å²) in [5.74, 6) is -0.00752. The van der Waals surface area contributed by atoms with Crippen LogP contribution in [0.1, 0.15) is 24.8 Å². The molecular formula is C13H14INO2. The minimum Gasteiger partial charge on any atom is -0.469 e. The summed E-state index contributed by atoms with van der Waals surface area (Å²) in [6, 6.07) is 6.26. The summed E-state index contributed by atoms with van der Waals surface area (Å²) in [6.07, 6.45) is 2.39. The van der Waals surface area contributed by atoms with Crippen LogP contribution in [0.5, 0.6) is 0 Å². The first-order valence-electron chi connectivity index (χ1n) is 5.45. The molecule has 0 aliphatic heterocycles. The van der Waals surface area contributed by atoms with Gasteiger partial charge in [0.1, 0.15) is 0 Å². The lowest BCUT2D eigenvalue weighted by Crippen LogP contribution is -2.05. The quantitative estimate of drug-likeness (QED) is 0.685. The maximum absolute atomic E-state index is 11.3. The number of methoxy groups -OCH3 is 1.